The van der Waals surface area contributed by atoms with Crippen LogP contribution in [0, 0.1) is 26.7 Å². The lowest BCUT2D eigenvalue weighted by molar-refractivity contribution is -0.142. The van der Waals surface area contributed by atoms with Crippen LogP contribution in [0.1, 0.15) is 59.0 Å². The molecular formula is C27H31N7O2S. The number of benzene rings is 1. The van der Waals surface area contributed by atoms with Gasteiger partial charge in [0, 0.05) is 47.2 Å². The Kier molecular flexibility index (Phi) is 6.92. The molecule has 0 radical (unpaired) electrons. The van der Waals surface area contributed by atoms with Crippen molar-refractivity contribution in [3.05, 3.63) is 76.2 Å². The van der Waals surface area contributed by atoms with Gasteiger partial charge in [-0.15, -0.1) is 21.5 Å². The largest absolute Gasteiger partial charge is 0.481 e. The fraction of sp³-hybridized carbons (Fsp3) is 0.370. The molecule has 0 spiro atoms. The topological polar surface area (TPSA) is 110 Å². The summed E-state index contributed by atoms with van der Waals surface area (Å²) in [6, 6.07) is 7.60. The van der Waals surface area contributed by atoms with Crippen molar-refractivity contribution in [3.63, 3.8) is 0 Å². The molecule has 10 heteroatoms. The van der Waals surface area contributed by atoms with Gasteiger partial charge in [-0.2, -0.15) is 0 Å². The summed E-state index contributed by atoms with van der Waals surface area (Å²) in [4.78, 5) is 22.6. The Balaban J connectivity index is 1.50. The highest BCUT2D eigenvalue weighted by molar-refractivity contribution is 7.15. The summed E-state index contributed by atoms with van der Waals surface area (Å²) >= 11 is 1.67. The SMILES string of the molecule is CC[C@H](C(=O)O)C1N=C(c2ccc(NCCCn3ccnc3)cc2)c2c(sc(C)c2C)-n2c(C)nnc21. The number of carbonyl (C=O) groups is 1. The van der Waals surface area contributed by atoms with E-state index in [1.165, 1.54) is 4.88 Å². The molecular weight excluding hydrogens is 486 g/mol. The maximum absolute atomic E-state index is 12.2. The molecule has 0 fully saturated rings. The molecule has 2 N–H and O–H groups in total. The minimum atomic E-state index is -0.879. The van der Waals surface area contributed by atoms with Crippen molar-refractivity contribution in [2.75, 3.05) is 11.9 Å². The molecule has 1 aliphatic heterocycles. The number of carboxylic acids is 1. The van der Waals surface area contributed by atoms with Crippen LogP contribution < -0.4 is 5.32 Å². The number of carboxylic acid groups (broad SMARTS) is 1. The van der Waals surface area contributed by atoms with E-state index in [0.29, 0.717) is 12.2 Å². The first kappa shape index (κ1) is 24.9. The van der Waals surface area contributed by atoms with Crippen LogP contribution in [-0.2, 0) is 11.3 Å². The molecule has 2 atom stereocenters. The Morgan fingerprint density at radius 2 is 1.97 bits per heavy atom. The Labute approximate surface area is 219 Å². The molecule has 192 valence electrons. The number of aryl methyl sites for hydroxylation is 3. The number of aliphatic imine (C=N–C) groups is 1. The maximum Gasteiger partial charge on any atom is 0.309 e. The smallest absolute Gasteiger partial charge is 0.309 e. The molecule has 1 unspecified atom stereocenters. The van der Waals surface area contributed by atoms with E-state index in [0.717, 1.165) is 58.4 Å². The second-order valence-corrected chi connectivity index (χ2v) is 10.5. The number of imidazole rings is 1. The molecule has 4 aromatic rings. The summed E-state index contributed by atoms with van der Waals surface area (Å²) in [6.45, 7) is 9.75. The van der Waals surface area contributed by atoms with Gasteiger partial charge in [0.2, 0.25) is 0 Å². The van der Waals surface area contributed by atoms with E-state index in [4.69, 9.17) is 4.99 Å². The van der Waals surface area contributed by atoms with Crippen molar-refractivity contribution in [1.82, 2.24) is 24.3 Å². The molecule has 1 aromatic carbocycles. The van der Waals surface area contributed by atoms with Crippen LogP contribution in [0.25, 0.3) is 5.00 Å². The van der Waals surface area contributed by atoms with Gasteiger partial charge in [0.1, 0.15) is 16.9 Å². The number of nitrogens with one attached hydrogen (secondary N) is 1. The van der Waals surface area contributed by atoms with Crippen LogP contribution in [0.4, 0.5) is 5.69 Å². The predicted octanol–water partition coefficient (Wildman–Crippen LogP) is 4.96. The predicted molar refractivity (Wildman–Crippen MR) is 145 cm³/mol. The molecule has 0 aliphatic carbocycles. The zero-order valence-electron chi connectivity index (χ0n) is 21.5. The highest BCUT2D eigenvalue weighted by atomic mass is 32.1. The van der Waals surface area contributed by atoms with Gasteiger partial charge in [0.25, 0.3) is 0 Å². The average molecular weight is 518 g/mol. The van der Waals surface area contributed by atoms with Gasteiger partial charge in [-0.25, -0.2) is 4.98 Å². The minimum Gasteiger partial charge on any atom is -0.481 e. The molecule has 3 aromatic heterocycles. The van der Waals surface area contributed by atoms with Crippen LogP contribution in [0.15, 0.2) is 48.0 Å². The Morgan fingerprint density at radius 1 is 1.19 bits per heavy atom. The van der Waals surface area contributed by atoms with Crippen LogP contribution >= 0.6 is 11.3 Å². The number of anilines is 1. The molecule has 9 nitrogen and oxygen atoms in total. The van der Waals surface area contributed by atoms with Crippen LogP contribution in [-0.4, -0.2) is 47.6 Å². The number of aromatic nitrogens is 5. The summed E-state index contributed by atoms with van der Waals surface area (Å²) in [7, 11) is 0. The van der Waals surface area contributed by atoms with Gasteiger partial charge in [0.15, 0.2) is 5.82 Å². The van der Waals surface area contributed by atoms with E-state index in [2.05, 4.69) is 63.2 Å². The lowest BCUT2D eigenvalue weighted by Gasteiger charge is -2.19. The molecule has 0 saturated heterocycles. The average Bonchev–Trinajstić information content (AvgIpc) is 3.58. The fourth-order valence-electron chi connectivity index (χ4n) is 4.81. The van der Waals surface area contributed by atoms with Crippen molar-refractivity contribution in [2.24, 2.45) is 10.9 Å². The normalized spacial score (nSPS) is 15.5. The van der Waals surface area contributed by atoms with Crippen molar-refractivity contribution in [1.29, 1.82) is 0 Å². The van der Waals surface area contributed by atoms with E-state index >= 15 is 0 Å². The van der Waals surface area contributed by atoms with E-state index in [9.17, 15) is 9.90 Å². The van der Waals surface area contributed by atoms with E-state index in [1.807, 2.05) is 30.9 Å². The van der Waals surface area contributed by atoms with Crippen molar-refractivity contribution in [3.8, 4) is 5.00 Å². The second kappa shape index (κ2) is 10.3. The first-order valence-corrected chi connectivity index (χ1v) is 13.3. The lowest BCUT2D eigenvalue weighted by Crippen LogP contribution is -2.23. The summed E-state index contributed by atoms with van der Waals surface area (Å²) in [5.74, 6) is -0.268. The number of rotatable bonds is 9. The quantitative estimate of drug-likeness (QED) is 0.304. The zero-order chi connectivity index (χ0) is 26.1. The van der Waals surface area contributed by atoms with Crippen LogP contribution in [0.2, 0.25) is 0 Å². The van der Waals surface area contributed by atoms with Gasteiger partial charge in [-0.1, -0.05) is 19.1 Å². The van der Waals surface area contributed by atoms with Gasteiger partial charge in [-0.05, 0) is 51.3 Å². The third kappa shape index (κ3) is 4.69. The third-order valence-electron chi connectivity index (χ3n) is 6.97. The number of hydrogen-bond donors (Lipinski definition) is 2. The zero-order valence-corrected chi connectivity index (χ0v) is 22.3. The number of nitrogens with zero attached hydrogens (tertiary/aromatic N) is 6. The van der Waals surface area contributed by atoms with Gasteiger partial charge in [-0.3, -0.25) is 14.4 Å². The molecule has 5 rings (SSSR count). The van der Waals surface area contributed by atoms with Crippen LogP contribution in [0.3, 0.4) is 0 Å². The number of thiophene rings is 1. The molecule has 1 aliphatic rings. The van der Waals surface area contributed by atoms with Crippen LogP contribution in [0.5, 0.6) is 0 Å². The van der Waals surface area contributed by atoms with Gasteiger partial charge >= 0.3 is 5.97 Å². The monoisotopic (exact) mass is 517 g/mol. The van der Waals surface area contributed by atoms with E-state index in [1.54, 1.807) is 17.5 Å². The highest BCUT2D eigenvalue weighted by Crippen LogP contribution is 2.41. The standard InChI is InChI=1S/C27H31N7O2S/c1-5-21(27(35)36)24-25-32-31-18(4)34(25)26-22(16(2)17(3)37-26)23(30-24)19-7-9-20(10-8-19)29-11-6-13-33-14-12-28-15-33/h7-10,12,14-15,21,24,29H,5-6,11,13H2,1-4H3,(H,35,36)/t21-,24?/m0/s1. The Hall–Kier alpha value is -3.79. The van der Waals surface area contributed by atoms with Crippen molar-refractivity contribution < 1.29 is 9.90 Å². The van der Waals surface area contributed by atoms with Crippen molar-refractivity contribution in [2.45, 2.75) is 53.1 Å². The summed E-state index contributed by atoms with van der Waals surface area (Å²) in [5, 5.41) is 23.2. The molecule has 4 heterocycles. The van der Waals surface area contributed by atoms with Crippen molar-refractivity contribution >= 4 is 28.7 Å². The summed E-state index contributed by atoms with van der Waals surface area (Å²) in [6.07, 6.45) is 7.01. The third-order valence-corrected chi connectivity index (χ3v) is 8.16. The molecule has 37 heavy (non-hydrogen) atoms. The summed E-state index contributed by atoms with van der Waals surface area (Å²) in [5.41, 5.74) is 4.95. The lowest BCUT2D eigenvalue weighted by atomic mass is 9.95. The van der Waals surface area contributed by atoms with E-state index < -0.39 is 17.9 Å². The second-order valence-electron chi connectivity index (χ2n) is 9.34. The minimum absolute atomic E-state index is 0.441. The highest BCUT2D eigenvalue weighted by Gasteiger charge is 2.37. The number of aliphatic carboxylic acids is 1. The molecule has 0 saturated carbocycles. The Bertz CT molecular complexity index is 1430. The first-order chi connectivity index (χ1) is 17.9. The fourth-order valence-corrected chi connectivity index (χ4v) is 6.02. The summed E-state index contributed by atoms with van der Waals surface area (Å²) < 4.78 is 4.07. The molecule has 0 amide bonds. The first-order valence-electron chi connectivity index (χ1n) is 12.5. The Morgan fingerprint density at radius 3 is 2.65 bits per heavy atom. The van der Waals surface area contributed by atoms with E-state index in [-0.39, 0.29) is 0 Å². The maximum atomic E-state index is 12.2. The van der Waals surface area contributed by atoms with Gasteiger partial charge < -0.3 is 15.0 Å². The number of hydrogen-bond acceptors (Lipinski definition) is 7. The number of fused-ring (bicyclic) bond motifs is 3. The molecule has 0 bridgehead atoms. The van der Waals surface area contributed by atoms with Gasteiger partial charge in [0.05, 0.1) is 18.0 Å².